The number of rotatable bonds is 5. The Morgan fingerprint density at radius 2 is 2.30 bits per heavy atom. The molecule has 0 saturated heterocycles. The molecule has 0 radical (unpaired) electrons. The number of carbonyl (C=O) groups is 1. The van der Waals surface area contributed by atoms with Crippen molar-refractivity contribution in [1.29, 1.82) is 0 Å². The molecule has 0 saturated carbocycles. The molecule has 2 heterocycles. The van der Waals surface area contributed by atoms with Crippen molar-refractivity contribution in [2.45, 2.75) is 19.9 Å². The third-order valence-electron chi connectivity index (χ3n) is 2.56. The van der Waals surface area contributed by atoms with Gasteiger partial charge in [0.2, 0.25) is 5.91 Å². The highest BCUT2D eigenvalue weighted by Crippen LogP contribution is 2.24. The second-order valence-electron chi connectivity index (χ2n) is 4.23. The van der Waals surface area contributed by atoms with Crippen LogP contribution in [-0.4, -0.2) is 27.2 Å². The zero-order chi connectivity index (χ0) is 14.5. The number of hydrogen-bond donors (Lipinski definition) is 1. The van der Waals surface area contributed by atoms with Gasteiger partial charge in [0.1, 0.15) is 18.1 Å². The summed E-state index contributed by atoms with van der Waals surface area (Å²) in [6, 6.07) is 2.87. The van der Waals surface area contributed by atoms with Crippen LogP contribution >= 0.6 is 15.9 Å². The smallest absolute Gasteiger partial charge is 0.241 e. The van der Waals surface area contributed by atoms with E-state index < -0.39 is 5.82 Å². The first-order chi connectivity index (χ1) is 9.60. The first kappa shape index (κ1) is 14.6. The molecule has 1 N–H and O–H groups in total. The summed E-state index contributed by atoms with van der Waals surface area (Å²) < 4.78 is 15.1. The van der Waals surface area contributed by atoms with Crippen LogP contribution < -0.4 is 5.32 Å². The first-order valence-corrected chi connectivity index (χ1v) is 7.01. The number of carbonyl (C=O) groups excluding carboxylic acids is 1. The monoisotopic (exact) mass is 340 g/mol. The molecule has 5 nitrogen and oxygen atoms in total. The Labute approximate surface area is 124 Å². The highest BCUT2D eigenvalue weighted by Gasteiger charge is 2.12. The van der Waals surface area contributed by atoms with Crippen molar-refractivity contribution in [3.63, 3.8) is 0 Å². The Balaban J connectivity index is 2.13. The second kappa shape index (κ2) is 6.60. The molecule has 106 valence electrons. The maximum absolute atomic E-state index is 12.8. The number of nitrogens with one attached hydrogen (secondary N) is 1. The Morgan fingerprint density at radius 3 is 2.95 bits per heavy atom. The lowest BCUT2D eigenvalue weighted by atomic mass is 10.3. The van der Waals surface area contributed by atoms with Gasteiger partial charge in [-0.3, -0.25) is 14.5 Å². The van der Waals surface area contributed by atoms with Crippen LogP contribution in [0.1, 0.15) is 13.3 Å². The molecular weight excluding hydrogens is 327 g/mol. The van der Waals surface area contributed by atoms with Gasteiger partial charge in [-0.1, -0.05) is 6.92 Å². The minimum atomic E-state index is -0.400. The van der Waals surface area contributed by atoms with E-state index in [-0.39, 0.29) is 12.5 Å². The van der Waals surface area contributed by atoms with Crippen LogP contribution in [0.15, 0.2) is 29.0 Å². The summed E-state index contributed by atoms with van der Waals surface area (Å²) in [6.45, 7) is 2.77. The van der Waals surface area contributed by atoms with Crippen LogP contribution in [0.2, 0.25) is 0 Å². The van der Waals surface area contributed by atoms with Crippen molar-refractivity contribution in [3.8, 4) is 11.4 Å². The molecule has 2 aromatic rings. The van der Waals surface area contributed by atoms with Crippen LogP contribution in [0, 0.1) is 5.82 Å². The fourth-order valence-electron chi connectivity index (χ4n) is 1.63. The van der Waals surface area contributed by atoms with Crippen LogP contribution in [0.25, 0.3) is 11.4 Å². The predicted molar refractivity (Wildman–Crippen MR) is 76.4 cm³/mol. The van der Waals surface area contributed by atoms with Crippen LogP contribution in [-0.2, 0) is 11.3 Å². The minimum Gasteiger partial charge on any atom is -0.355 e. The van der Waals surface area contributed by atoms with E-state index in [2.05, 4.69) is 31.3 Å². The van der Waals surface area contributed by atoms with Gasteiger partial charge < -0.3 is 5.32 Å². The van der Waals surface area contributed by atoms with Gasteiger partial charge in [0.05, 0.1) is 16.4 Å². The highest BCUT2D eigenvalue weighted by atomic mass is 79.9. The van der Waals surface area contributed by atoms with E-state index in [1.165, 1.54) is 10.7 Å². The van der Waals surface area contributed by atoms with E-state index >= 15 is 0 Å². The van der Waals surface area contributed by atoms with Crippen LogP contribution in [0.5, 0.6) is 0 Å². The molecule has 0 aromatic carbocycles. The van der Waals surface area contributed by atoms with Crippen LogP contribution in [0.4, 0.5) is 4.39 Å². The Kier molecular flexibility index (Phi) is 4.84. The second-order valence-corrected chi connectivity index (χ2v) is 5.09. The van der Waals surface area contributed by atoms with Gasteiger partial charge in [0.25, 0.3) is 0 Å². The summed E-state index contributed by atoms with van der Waals surface area (Å²) >= 11 is 3.37. The molecule has 0 unspecified atom stereocenters. The molecule has 0 aliphatic rings. The van der Waals surface area contributed by atoms with E-state index in [4.69, 9.17) is 0 Å². The number of amides is 1. The summed E-state index contributed by atoms with van der Waals surface area (Å²) in [4.78, 5) is 15.6. The summed E-state index contributed by atoms with van der Waals surface area (Å²) in [6.07, 6.45) is 3.72. The van der Waals surface area contributed by atoms with Crippen molar-refractivity contribution in [1.82, 2.24) is 20.1 Å². The molecule has 0 aliphatic carbocycles. The maximum atomic E-state index is 12.8. The molecule has 0 aliphatic heterocycles. The average molecular weight is 341 g/mol. The number of aromatic nitrogens is 3. The van der Waals surface area contributed by atoms with Gasteiger partial charge in [0.15, 0.2) is 0 Å². The summed E-state index contributed by atoms with van der Waals surface area (Å²) in [5.41, 5.74) is 1.12. The molecule has 0 atom stereocenters. The minimum absolute atomic E-state index is 0.0968. The van der Waals surface area contributed by atoms with E-state index in [9.17, 15) is 9.18 Å². The Bertz CT molecular complexity index is 597. The zero-order valence-corrected chi connectivity index (χ0v) is 12.5. The molecule has 2 rings (SSSR count). The van der Waals surface area contributed by atoms with Gasteiger partial charge in [-0.2, -0.15) is 5.10 Å². The van der Waals surface area contributed by atoms with E-state index in [0.717, 1.165) is 12.6 Å². The van der Waals surface area contributed by atoms with Crippen molar-refractivity contribution in [3.05, 3.63) is 34.8 Å². The van der Waals surface area contributed by atoms with E-state index in [1.54, 1.807) is 12.3 Å². The van der Waals surface area contributed by atoms with Crippen molar-refractivity contribution >= 4 is 21.8 Å². The van der Waals surface area contributed by atoms with Crippen LogP contribution in [0.3, 0.4) is 0 Å². The molecule has 7 heteroatoms. The normalized spacial score (nSPS) is 10.6. The predicted octanol–water partition coefficient (Wildman–Crippen LogP) is 2.37. The molecule has 0 spiro atoms. The summed E-state index contributed by atoms with van der Waals surface area (Å²) in [5.74, 6) is -0.497. The fraction of sp³-hybridized carbons (Fsp3) is 0.308. The molecule has 0 fully saturated rings. The number of hydrogen-bond acceptors (Lipinski definition) is 3. The summed E-state index contributed by atoms with van der Waals surface area (Å²) in [7, 11) is 0. The average Bonchev–Trinajstić information content (AvgIpc) is 2.78. The highest BCUT2D eigenvalue weighted by molar-refractivity contribution is 9.10. The number of halogens is 2. The number of nitrogens with zero attached hydrogens (tertiary/aromatic N) is 3. The largest absolute Gasteiger partial charge is 0.355 e. The van der Waals surface area contributed by atoms with Gasteiger partial charge >= 0.3 is 0 Å². The third-order valence-corrected chi connectivity index (χ3v) is 3.15. The fourth-order valence-corrected chi connectivity index (χ4v) is 2.15. The molecule has 2 aromatic heterocycles. The maximum Gasteiger partial charge on any atom is 0.241 e. The van der Waals surface area contributed by atoms with Crippen molar-refractivity contribution < 1.29 is 9.18 Å². The lowest BCUT2D eigenvalue weighted by Gasteiger charge is -2.03. The molecule has 0 bridgehead atoms. The zero-order valence-electron chi connectivity index (χ0n) is 10.9. The topological polar surface area (TPSA) is 59.8 Å². The molecule has 20 heavy (non-hydrogen) atoms. The Hall–Kier alpha value is -1.76. The van der Waals surface area contributed by atoms with Crippen molar-refractivity contribution in [2.24, 2.45) is 0 Å². The van der Waals surface area contributed by atoms with E-state index in [1.807, 2.05) is 6.92 Å². The summed E-state index contributed by atoms with van der Waals surface area (Å²) in [5, 5.41) is 7.06. The molecular formula is C13H14BrFN4O. The standard InChI is InChI=1S/C13H14BrFN4O/c1-2-5-16-12(20)8-19-7-10(14)13(18-19)11-4-3-9(15)6-17-11/h3-4,6-7H,2,5,8H2,1H3,(H,16,20). The number of pyridine rings is 1. The van der Waals surface area contributed by atoms with Crippen molar-refractivity contribution in [2.75, 3.05) is 6.54 Å². The molecule has 1 amide bonds. The van der Waals surface area contributed by atoms with Gasteiger partial charge in [0, 0.05) is 12.7 Å². The SMILES string of the molecule is CCCNC(=O)Cn1cc(Br)c(-c2ccc(F)cn2)n1. The van der Waals surface area contributed by atoms with E-state index in [0.29, 0.717) is 22.4 Å². The van der Waals surface area contributed by atoms with Gasteiger partial charge in [-0.15, -0.1) is 0 Å². The third kappa shape index (κ3) is 3.63. The van der Waals surface area contributed by atoms with Gasteiger partial charge in [-0.05, 0) is 34.5 Å². The lowest BCUT2D eigenvalue weighted by molar-refractivity contribution is -0.121. The first-order valence-electron chi connectivity index (χ1n) is 6.21. The quantitative estimate of drug-likeness (QED) is 0.908. The lowest BCUT2D eigenvalue weighted by Crippen LogP contribution is -2.28. The Morgan fingerprint density at radius 1 is 1.50 bits per heavy atom. The van der Waals surface area contributed by atoms with Gasteiger partial charge in [-0.25, -0.2) is 4.39 Å².